The minimum Gasteiger partial charge on any atom is -0.478 e. The summed E-state index contributed by atoms with van der Waals surface area (Å²) in [5, 5.41) is 8.48. The van der Waals surface area contributed by atoms with Gasteiger partial charge >= 0.3 is 5.97 Å². The molecule has 1 fully saturated rings. The third-order valence-corrected chi connectivity index (χ3v) is 4.24. The molecular formula is C18H28O3. The fourth-order valence-electron chi connectivity index (χ4n) is 3.09. The minimum atomic E-state index is -0.873. The van der Waals surface area contributed by atoms with Crippen LogP contribution in [-0.2, 0) is 9.59 Å². The van der Waals surface area contributed by atoms with Crippen LogP contribution in [0.3, 0.4) is 0 Å². The van der Waals surface area contributed by atoms with Crippen LogP contribution < -0.4 is 0 Å². The summed E-state index contributed by atoms with van der Waals surface area (Å²) in [7, 11) is 0. The average molecular weight is 292 g/mol. The van der Waals surface area contributed by atoms with E-state index in [1.165, 1.54) is 6.08 Å². The number of hydrogen-bond donors (Lipinski definition) is 1. The summed E-state index contributed by atoms with van der Waals surface area (Å²) >= 11 is 0. The van der Waals surface area contributed by atoms with Crippen molar-refractivity contribution in [1.29, 1.82) is 0 Å². The summed E-state index contributed by atoms with van der Waals surface area (Å²) < 4.78 is 0. The Bertz CT molecular complexity index is 382. The van der Waals surface area contributed by atoms with Crippen LogP contribution >= 0.6 is 0 Å². The molecule has 0 aliphatic heterocycles. The van der Waals surface area contributed by atoms with Crippen molar-refractivity contribution in [3.05, 3.63) is 24.3 Å². The van der Waals surface area contributed by atoms with Crippen LogP contribution in [0.2, 0.25) is 0 Å². The Morgan fingerprint density at radius 3 is 2.76 bits per heavy atom. The molecule has 118 valence electrons. The van der Waals surface area contributed by atoms with Gasteiger partial charge in [-0.2, -0.15) is 0 Å². The molecule has 0 radical (unpaired) electrons. The molecule has 0 bridgehead atoms. The maximum absolute atomic E-state index is 11.9. The third-order valence-electron chi connectivity index (χ3n) is 4.24. The number of carbonyl (C=O) groups excluding carboxylic acids is 1. The zero-order valence-electron chi connectivity index (χ0n) is 13.1. The van der Waals surface area contributed by atoms with E-state index in [9.17, 15) is 9.59 Å². The Hall–Kier alpha value is -1.38. The van der Waals surface area contributed by atoms with Crippen LogP contribution in [0, 0.1) is 11.8 Å². The van der Waals surface area contributed by atoms with Gasteiger partial charge in [-0.3, -0.25) is 4.79 Å². The number of ketones is 1. The van der Waals surface area contributed by atoms with Crippen LogP contribution in [0.25, 0.3) is 0 Å². The molecule has 1 N–H and O–H groups in total. The molecule has 1 saturated carbocycles. The molecular weight excluding hydrogens is 264 g/mol. The van der Waals surface area contributed by atoms with Gasteiger partial charge in [0.15, 0.2) is 0 Å². The zero-order chi connectivity index (χ0) is 15.5. The van der Waals surface area contributed by atoms with Gasteiger partial charge < -0.3 is 5.11 Å². The SMILES string of the molecule is CC/C=C\C[C@@H]1C(=O)CC[C@@H]1CCCCC/C=C/C(=O)O. The topological polar surface area (TPSA) is 54.4 Å². The highest BCUT2D eigenvalue weighted by atomic mass is 16.4. The number of carbonyl (C=O) groups is 2. The number of hydrogen-bond acceptors (Lipinski definition) is 2. The Morgan fingerprint density at radius 1 is 1.24 bits per heavy atom. The van der Waals surface area contributed by atoms with Crippen molar-refractivity contribution in [2.45, 2.75) is 64.7 Å². The number of allylic oxidation sites excluding steroid dienone is 3. The van der Waals surface area contributed by atoms with Crippen LogP contribution in [0.4, 0.5) is 0 Å². The summed E-state index contributed by atoms with van der Waals surface area (Å²) in [5.74, 6) is 0.390. The van der Waals surface area contributed by atoms with Crippen molar-refractivity contribution < 1.29 is 14.7 Å². The van der Waals surface area contributed by atoms with Gasteiger partial charge in [0, 0.05) is 18.4 Å². The summed E-state index contributed by atoms with van der Waals surface area (Å²) in [6.07, 6.45) is 16.3. The van der Waals surface area contributed by atoms with E-state index in [2.05, 4.69) is 19.1 Å². The molecule has 0 spiro atoms. The lowest BCUT2D eigenvalue weighted by Crippen LogP contribution is -2.14. The van der Waals surface area contributed by atoms with E-state index in [0.717, 1.165) is 57.8 Å². The number of rotatable bonds is 10. The molecule has 1 aliphatic rings. The van der Waals surface area contributed by atoms with Gasteiger partial charge in [-0.05, 0) is 44.4 Å². The standard InChI is InChI=1S/C18H28O3/c1-2-3-7-11-16-15(13-14-17(16)19)10-8-5-4-6-9-12-18(20)21/h3,7,9,12,15-16H,2,4-6,8,10-11,13-14H2,1H3,(H,20,21)/b7-3-,12-9+/t15-,16-/m0/s1. The number of unbranched alkanes of at least 4 members (excludes halogenated alkanes) is 3. The Labute approximate surface area is 128 Å². The lowest BCUT2D eigenvalue weighted by atomic mass is 9.87. The maximum atomic E-state index is 11.9. The molecule has 21 heavy (non-hydrogen) atoms. The van der Waals surface area contributed by atoms with Gasteiger partial charge in [0.25, 0.3) is 0 Å². The first-order chi connectivity index (χ1) is 10.1. The van der Waals surface area contributed by atoms with Crippen molar-refractivity contribution in [1.82, 2.24) is 0 Å². The lowest BCUT2D eigenvalue weighted by Gasteiger charge is -2.16. The van der Waals surface area contributed by atoms with Gasteiger partial charge in [0.1, 0.15) is 5.78 Å². The predicted molar refractivity (Wildman–Crippen MR) is 85.1 cm³/mol. The summed E-state index contributed by atoms with van der Waals surface area (Å²) in [4.78, 5) is 22.2. The van der Waals surface area contributed by atoms with Crippen LogP contribution in [0.1, 0.15) is 64.7 Å². The van der Waals surface area contributed by atoms with Gasteiger partial charge in [-0.15, -0.1) is 0 Å². The van der Waals surface area contributed by atoms with Crippen molar-refractivity contribution in [3.63, 3.8) is 0 Å². The molecule has 0 unspecified atom stereocenters. The van der Waals surface area contributed by atoms with Crippen LogP contribution in [0.5, 0.6) is 0 Å². The van der Waals surface area contributed by atoms with E-state index in [0.29, 0.717) is 11.7 Å². The summed E-state index contributed by atoms with van der Waals surface area (Å²) in [6, 6.07) is 0. The first kappa shape index (κ1) is 17.7. The van der Waals surface area contributed by atoms with Crippen molar-refractivity contribution in [2.75, 3.05) is 0 Å². The molecule has 0 aromatic carbocycles. The molecule has 0 heterocycles. The van der Waals surface area contributed by atoms with Crippen LogP contribution in [-0.4, -0.2) is 16.9 Å². The molecule has 3 nitrogen and oxygen atoms in total. The monoisotopic (exact) mass is 292 g/mol. The second-order valence-corrected chi connectivity index (χ2v) is 5.87. The smallest absolute Gasteiger partial charge is 0.327 e. The molecule has 2 atom stereocenters. The first-order valence-corrected chi connectivity index (χ1v) is 8.22. The number of Topliss-reactive ketones (excluding diaryl/α,β-unsaturated/α-hetero) is 1. The highest BCUT2D eigenvalue weighted by molar-refractivity contribution is 5.83. The molecule has 0 aromatic heterocycles. The second-order valence-electron chi connectivity index (χ2n) is 5.87. The Morgan fingerprint density at radius 2 is 2.05 bits per heavy atom. The van der Waals surface area contributed by atoms with Gasteiger partial charge in [0.05, 0.1) is 0 Å². The van der Waals surface area contributed by atoms with E-state index >= 15 is 0 Å². The highest BCUT2D eigenvalue weighted by Crippen LogP contribution is 2.35. The summed E-state index contributed by atoms with van der Waals surface area (Å²) in [6.45, 7) is 2.11. The lowest BCUT2D eigenvalue weighted by molar-refractivity contribution is -0.131. The first-order valence-electron chi connectivity index (χ1n) is 8.22. The quantitative estimate of drug-likeness (QED) is 0.365. The number of carboxylic acid groups (broad SMARTS) is 1. The molecule has 0 amide bonds. The highest BCUT2D eigenvalue weighted by Gasteiger charge is 2.32. The fourth-order valence-corrected chi connectivity index (χ4v) is 3.09. The maximum Gasteiger partial charge on any atom is 0.327 e. The number of carboxylic acids is 1. The van der Waals surface area contributed by atoms with E-state index in [4.69, 9.17) is 5.11 Å². The van der Waals surface area contributed by atoms with E-state index in [1.807, 2.05) is 0 Å². The third kappa shape index (κ3) is 7.26. The zero-order valence-corrected chi connectivity index (χ0v) is 13.1. The Kier molecular flexibility index (Phi) is 8.72. The van der Waals surface area contributed by atoms with Crippen LogP contribution in [0.15, 0.2) is 24.3 Å². The average Bonchev–Trinajstić information content (AvgIpc) is 2.79. The van der Waals surface area contributed by atoms with Gasteiger partial charge in [-0.25, -0.2) is 4.79 Å². The molecule has 1 rings (SSSR count). The molecule has 0 saturated heterocycles. The normalized spacial score (nSPS) is 22.6. The fraction of sp³-hybridized carbons (Fsp3) is 0.667. The predicted octanol–water partition coefficient (Wildman–Crippen LogP) is 4.53. The van der Waals surface area contributed by atoms with Gasteiger partial charge in [0.2, 0.25) is 0 Å². The summed E-state index contributed by atoms with van der Waals surface area (Å²) in [5.41, 5.74) is 0. The van der Waals surface area contributed by atoms with E-state index < -0.39 is 5.97 Å². The molecule has 3 heteroatoms. The van der Waals surface area contributed by atoms with E-state index in [1.54, 1.807) is 6.08 Å². The largest absolute Gasteiger partial charge is 0.478 e. The molecule has 0 aromatic rings. The minimum absolute atomic E-state index is 0.250. The Balaban J connectivity index is 2.19. The van der Waals surface area contributed by atoms with Crippen molar-refractivity contribution in [3.8, 4) is 0 Å². The second kappa shape index (κ2) is 10.4. The van der Waals surface area contributed by atoms with E-state index in [-0.39, 0.29) is 5.92 Å². The molecule has 1 aliphatic carbocycles. The van der Waals surface area contributed by atoms with Crippen molar-refractivity contribution >= 4 is 11.8 Å². The van der Waals surface area contributed by atoms with Crippen molar-refractivity contribution in [2.24, 2.45) is 11.8 Å². The number of aliphatic carboxylic acids is 1. The van der Waals surface area contributed by atoms with Gasteiger partial charge in [-0.1, -0.05) is 38.0 Å².